The molecule has 0 bridgehead atoms. The van der Waals surface area contributed by atoms with Crippen molar-refractivity contribution in [3.05, 3.63) is 64.0 Å². The molecule has 0 radical (unpaired) electrons. The quantitative estimate of drug-likeness (QED) is 0.372. The van der Waals surface area contributed by atoms with E-state index in [1.54, 1.807) is 27.0 Å². The second kappa shape index (κ2) is 9.44. The van der Waals surface area contributed by atoms with Gasteiger partial charge in [0, 0.05) is 18.4 Å². The summed E-state index contributed by atoms with van der Waals surface area (Å²) in [5.41, 5.74) is 1.55. The summed E-state index contributed by atoms with van der Waals surface area (Å²) in [5.74, 6) is -2.88. The second-order valence-corrected chi connectivity index (χ2v) is 7.41. The molecule has 2 amide bonds. The van der Waals surface area contributed by atoms with E-state index in [4.69, 9.17) is 5.26 Å². The minimum Gasteiger partial charge on any atom is -0.343 e. The minimum absolute atomic E-state index is 0.118. The van der Waals surface area contributed by atoms with Crippen molar-refractivity contribution in [2.24, 2.45) is 7.05 Å². The Hall–Kier alpha value is -4.33. The molecule has 1 unspecified atom stereocenters. The van der Waals surface area contributed by atoms with E-state index in [2.05, 4.69) is 26.0 Å². The zero-order valence-electron chi connectivity index (χ0n) is 18.5. The van der Waals surface area contributed by atoms with Crippen LogP contribution in [0.5, 0.6) is 0 Å². The van der Waals surface area contributed by atoms with E-state index in [-0.39, 0.29) is 22.5 Å². The van der Waals surface area contributed by atoms with Gasteiger partial charge < -0.3 is 15.2 Å². The van der Waals surface area contributed by atoms with Crippen LogP contribution in [0.25, 0.3) is 0 Å². The van der Waals surface area contributed by atoms with Crippen LogP contribution < -0.4 is 10.6 Å². The number of benzene rings is 1. The number of hydrogen-bond acceptors (Lipinski definition) is 6. The van der Waals surface area contributed by atoms with Gasteiger partial charge in [-0.1, -0.05) is 6.92 Å². The third-order valence-electron chi connectivity index (χ3n) is 5.43. The van der Waals surface area contributed by atoms with Gasteiger partial charge in [0.1, 0.15) is 23.3 Å². The number of hydrogen-bond donors (Lipinski definition) is 3. The Morgan fingerprint density at radius 1 is 1.30 bits per heavy atom. The molecule has 3 aromatic rings. The van der Waals surface area contributed by atoms with Crippen LogP contribution in [0.4, 0.5) is 10.1 Å². The second-order valence-electron chi connectivity index (χ2n) is 7.41. The van der Waals surface area contributed by atoms with Gasteiger partial charge in [-0.25, -0.2) is 4.39 Å². The van der Waals surface area contributed by atoms with Gasteiger partial charge in [-0.15, -0.1) is 0 Å². The number of ketones is 1. The van der Waals surface area contributed by atoms with Crippen molar-refractivity contribution in [1.29, 1.82) is 5.26 Å². The molecule has 10 nitrogen and oxygen atoms in total. The first-order valence-electron chi connectivity index (χ1n) is 10.1. The van der Waals surface area contributed by atoms with Crippen molar-refractivity contribution in [3.8, 4) is 6.07 Å². The molecule has 0 fully saturated rings. The summed E-state index contributed by atoms with van der Waals surface area (Å²) < 4.78 is 15.1. The standard InChI is InChI=1S/C22H22FN7O3/c1-5-16(17-10-25-29-28-17)27-22(33)20(31)18-11(2)19(30(4)12(18)3)21(32)26-14-6-7-15(23)13(8-14)9-24/h6-8,10,16H,5H2,1-4H3,(H,26,32)(H,27,33)(H,25,28,29). The molecular weight excluding hydrogens is 429 g/mol. The van der Waals surface area contributed by atoms with Crippen LogP contribution >= 0.6 is 0 Å². The van der Waals surface area contributed by atoms with Gasteiger partial charge in [0.05, 0.1) is 23.4 Å². The SMILES string of the molecule is CCC(NC(=O)C(=O)c1c(C)c(C(=O)Nc2ccc(F)c(C#N)c2)n(C)c1C)c1cn[nH]n1. The predicted octanol–water partition coefficient (Wildman–Crippen LogP) is 2.47. The Labute approximate surface area is 188 Å². The maximum atomic E-state index is 13.6. The largest absolute Gasteiger partial charge is 0.343 e. The number of nitriles is 1. The Balaban J connectivity index is 1.87. The maximum Gasteiger partial charge on any atom is 0.293 e. The molecule has 33 heavy (non-hydrogen) atoms. The third-order valence-corrected chi connectivity index (χ3v) is 5.43. The average molecular weight is 451 g/mol. The molecule has 0 spiro atoms. The van der Waals surface area contributed by atoms with Crippen molar-refractivity contribution in [3.63, 3.8) is 0 Å². The van der Waals surface area contributed by atoms with E-state index in [1.165, 1.54) is 22.9 Å². The third kappa shape index (κ3) is 4.50. The molecule has 1 atom stereocenters. The number of aromatic nitrogens is 4. The van der Waals surface area contributed by atoms with E-state index in [1.807, 2.05) is 6.92 Å². The highest BCUT2D eigenvalue weighted by molar-refractivity contribution is 6.43. The van der Waals surface area contributed by atoms with Gasteiger partial charge in [-0.3, -0.25) is 14.4 Å². The van der Waals surface area contributed by atoms with Crippen LogP contribution in [-0.2, 0) is 11.8 Å². The smallest absolute Gasteiger partial charge is 0.293 e. The van der Waals surface area contributed by atoms with E-state index in [0.29, 0.717) is 23.4 Å². The lowest BCUT2D eigenvalue weighted by Crippen LogP contribution is -2.34. The first-order chi connectivity index (χ1) is 15.7. The molecule has 0 aliphatic carbocycles. The highest BCUT2D eigenvalue weighted by atomic mass is 19.1. The Bertz CT molecular complexity index is 1270. The molecule has 1 aromatic carbocycles. The molecule has 0 saturated carbocycles. The molecule has 2 heterocycles. The molecular formula is C22H22FN7O3. The number of rotatable bonds is 7. The number of Topliss-reactive ketones (excluding diaryl/α,β-unsaturated/α-hetero) is 1. The summed E-state index contributed by atoms with van der Waals surface area (Å²) in [6.45, 7) is 5.03. The van der Waals surface area contributed by atoms with E-state index < -0.39 is 29.5 Å². The van der Waals surface area contributed by atoms with Gasteiger partial charge in [-0.2, -0.15) is 20.7 Å². The first-order valence-corrected chi connectivity index (χ1v) is 10.1. The fourth-order valence-corrected chi connectivity index (χ4v) is 3.61. The lowest BCUT2D eigenvalue weighted by molar-refractivity contribution is -0.117. The normalized spacial score (nSPS) is 11.5. The number of aromatic amines is 1. The number of nitrogens with one attached hydrogen (secondary N) is 3. The summed E-state index contributed by atoms with van der Waals surface area (Å²) in [6.07, 6.45) is 1.96. The molecule has 0 saturated heterocycles. The number of H-pyrrole nitrogens is 1. The fourth-order valence-electron chi connectivity index (χ4n) is 3.61. The summed E-state index contributed by atoms with van der Waals surface area (Å²) in [6, 6.07) is 4.83. The summed E-state index contributed by atoms with van der Waals surface area (Å²) in [7, 11) is 1.60. The molecule has 11 heteroatoms. The summed E-state index contributed by atoms with van der Waals surface area (Å²) >= 11 is 0. The molecule has 0 aliphatic heterocycles. The number of nitrogens with zero attached hydrogens (tertiary/aromatic N) is 4. The number of amides is 2. The number of carbonyl (C=O) groups is 3. The van der Waals surface area contributed by atoms with Crippen molar-refractivity contribution < 1.29 is 18.8 Å². The van der Waals surface area contributed by atoms with Crippen molar-refractivity contribution in [2.45, 2.75) is 33.2 Å². The van der Waals surface area contributed by atoms with E-state index >= 15 is 0 Å². The first kappa shape index (κ1) is 23.3. The molecule has 2 aromatic heterocycles. The highest BCUT2D eigenvalue weighted by Gasteiger charge is 2.30. The molecule has 170 valence electrons. The van der Waals surface area contributed by atoms with Crippen LogP contribution in [0.15, 0.2) is 24.4 Å². The minimum atomic E-state index is -0.828. The Morgan fingerprint density at radius 2 is 2.03 bits per heavy atom. The molecule has 0 aliphatic rings. The maximum absolute atomic E-state index is 13.6. The molecule has 3 N–H and O–H groups in total. The predicted molar refractivity (Wildman–Crippen MR) is 116 cm³/mol. The van der Waals surface area contributed by atoms with E-state index in [0.717, 1.165) is 6.07 Å². The van der Waals surface area contributed by atoms with E-state index in [9.17, 15) is 18.8 Å². The van der Waals surface area contributed by atoms with Gasteiger partial charge in [0.2, 0.25) is 0 Å². The monoisotopic (exact) mass is 451 g/mol. The van der Waals surface area contributed by atoms with Crippen molar-refractivity contribution in [2.75, 3.05) is 5.32 Å². The van der Waals surface area contributed by atoms with Gasteiger partial charge in [-0.05, 0) is 44.0 Å². The van der Waals surface area contributed by atoms with Crippen LogP contribution in [0.1, 0.15) is 62.7 Å². The van der Waals surface area contributed by atoms with Crippen molar-refractivity contribution in [1.82, 2.24) is 25.3 Å². The van der Waals surface area contributed by atoms with Crippen LogP contribution in [-0.4, -0.2) is 37.6 Å². The zero-order chi connectivity index (χ0) is 24.3. The number of halogens is 1. The Morgan fingerprint density at radius 3 is 2.64 bits per heavy atom. The zero-order valence-corrected chi connectivity index (χ0v) is 18.5. The van der Waals surface area contributed by atoms with Gasteiger partial charge in [0.25, 0.3) is 17.6 Å². The Kier molecular flexibility index (Phi) is 6.67. The highest BCUT2D eigenvalue weighted by Crippen LogP contribution is 2.24. The lowest BCUT2D eigenvalue weighted by atomic mass is 10.0. The fraction of sp³-hybridized carbons (Fsp3) is 0.273. The molecule has 3 rings (SSSR count). The summed E-state index contributed by atoms with van der Waals surface area (Å²) in [4.78, 5) is 38.6. The average Bonchev–Trinajstić information content (AvgIpc) is 3.39. The van der Waals surface area contributed by atoms with Crippen LogP contribution in [0.2, 0.25) is 0 Å². The van der Waals surface area contributed by atoms with Crippen LogP contribution in [0.3, 0.4) is 0 Å². The van der Waals surface area contributed by atoms with Crippen LogP contribution in [0, 0.1) is 31.0 Å². The number of anilines is 1. The number of carbonyl (C=O) groups excluding carboxylic acids is 3. The van der Waals surface area contributed by atoms with Crippen molar-refractivity contribution >= 4 is 23.3 Å². The topological polar surface area (TPSA) is 146 Å². The van der Waals surface area contributed by atoms with Gasteiger partial charge in [0.15, 0.2) is 0 Å². The lowest BCUT2D eigenvalue weighted by Gasteiger charge is -2.13. The summed E-state index contributed by atoms with van der Waals surface area (Å²) in [5, 5.41) is 24.4. The van der Waals surface area contributed by atoms with Gasteiger partial charge >= 0.3 is 0 Å².